The topological polar surface area (TPSA) is 88.3 Å². The maximum absolute atomic E-state index is 13.0. The standard InChI is InChI=1S/C18H23FN4O2S/c1-11(2)23(10-15(24)22-14-6-4-13(19)5-7-14)18(25)17-12(3)21-16(26-17)8-9-20/h4-7,11H,8-10,20H2,1-3H3,(H,22,24). The Morgan fingerprint density at radius 2 is 1.96 bits per heavy atom. The summed E-state index contributed by atoms with van der Waals surface area (Å²) < 4.78 is 13.0. The van der Waals surface area contributed by atoms with Crippen LogP contribution in [0.25, 0.3) is 0 Å². The normalized spacial score (nSPS) is 10.8. The molecule has 2 amide bonds. The summed E-state index contributed by atoms with van der Waals surface area (Å²) in [7, 11) is 0. The first kappa shape index (κ1) is 20.0. The van der Waals surface area contributed by atoms with Gasteiger partial charge in [-0.05, 0) is 51.6 Å². The molecule has 2 rings (SSSR count). The fourth-order valence-electron chi connectivity index (χ4n) is 2.39. The van der Waals surface area contributed by atoms with Crippen LogP contribution in [0.3, 0.4) is 0 Å². The van der Waals surface area contributed by atoms with E-state index in [-0.39, 0.29) is 30.2 Å². The van der Waals surface area contributed by atoms with Crippen molar-refractivity contribution in [2.75, 3.05) is 18.4 Å². The number of carbonyl (C=O) groups excluding carboxylic acids is 2. The molecule has 0 radical (unpaired) electrons. The monoisotopic (exact) mass is 378 g/mol. The van der Waals surface area contributed by atoms with Gasteiger partial charge >= 0.3 is 0 Å². The summed E-state index contributed by atoms with van der Waals surface area (Å²) in [5.74, 6) is -0.952. The lowest BCUT2D eigenvalue weighted by Crippen LogP contribution is -2.42. The van der Waals surface area contributed by atoms with Gasteiger partial charge in [0.1, 0.15) is 17.2 Å². The van der Waals surface area contributed by atoms with Crippen LogP contribution in [0.15, 0.2) is 24.3 Å². The molecule has 0 saturated heterocycles. The molecular formula is C18H23FN4O2S. The summed E-state index contributed by atoms with van der Waals surface area (Å²) in [4.78, 5) is 31.6. The molecule has 0 aliphatic rings. The summed E-state index contributed by atoms with van der Waals surface area (Å²) in [5.41, 5.74) is 6.67. The number of halogens is 1. The van der Waals surface area contributed by atoms with Crippen LogP contribution < -0.4 is 11.1 Å². The van der Waals surface area contributed by atoms with E-state index >= 15 is 0 Å². The molecule has 0 saturated carbocycles. The number of thiazole rings is 1. The van der Waals surface area contributed by atoms with Gasteiger partial charge in [-0.2, -0.15) is 0 Å². The van der Waals surface area contributed by atoms with Crippen LogP contribution >= 0.6 is 11.3 Å². The van der Waals surface area contributed by atoms with E-state index < -0.39 is 0 Å². The van der Waals surface area contributed by atoms with Gasteiger partial charge in [-0.1, -0.05) is 0 Å². The number of aryl methyl sites for hydroxylation is 1. The number of aromatic nitrogens is 1. The number of nitrogens with two attached hydrogens (primary N) is 1. The van der Waals surface area contributed by atoms with Crippen LogP contribution in [0.1, 0.15) is 34.2 Å². The lowest BCUT2D eigenvalue weighted by atomic mass is 10.2. The second kappa shape index (κ2) is 8.86. The van der Waals surface area contributed by atoms with Gasteiger partial charge in [0.2, 0.25) is 5.91 Å². The lowest BCUT2D eigenvalue weighted by Gasteiger charge is -2.25. The summed E-state index contributed by atoms with van der Waals surface area (Å²) in [6, 6.07) is 5.31. The second-order valence-corrected chi connectivity index (χ2v) is 7.23. The average Bonchev–Trinajstić information content (AvgIpc) is 2.95. The highest BCUT2D eigenvalue weighted by Crippen LogP contribution is 2.21. The highest BCUT2D eigenvalue weighted by molar-refractivity contribution is 7.13. The van der Waals surface area contributed by atoms with E-state index in [9.17, 15) is 14.0 Å². The van der Waals surface area contributed by atoms with E-state index in [1.807, 2.05) is 13.8 Å². The van der Waals surface area contributed by atoms with E-state index in [2.05, 4.69) is 10.3 Å². The largest absolute Gasteiger partial charge is 0.330 e. The number of nitrogens with zero attached hydrogens (tertiary/aromatic N) is 2. The second-order valence-electron chi connectivity index (χ2n) is 6.14. The fourth-order valence-corrected chi connectivity index (χ4v) is 3.42. The maximum Gasteiger partial charge on any atom is 0.266 e. The Morgan fingerprint density at radius 1 is 1.31 bits per heavy atom. The van der Waals surface area contributed by atoms with Crippen molar-refractivity contribution in [3.05, 3.63) is 45.7 Å². The number of amides is 2. The van der Waals surface area contributed by atoms with Crippen molar-refractivity contribution in [2.45, 2.75) is 33.2 Å². The Hall–Kier alpha value is -2.32. The van der Waals surface area contributed by atoms with Crippen LogP contribution in [-0.4, -0.2) is 40.8 Å². The zero-order chi connectivity index (χ0) is 19.3. The molecule has 0 bridgehead atoms. The maximum atomic E-state index is 13.0. The van der Waals surface area contributed by atoms with Crippen molar-refractivity contribution in [1.82, 2.24) is 9.88 Å². The van der Waals surface area contributed by atoms with Gasteiger partial charge in [0.15, 0.2) is 0 Å². The van der Waals surface area contributed by atoms with E-state index in [1.54, 1.807) is 6.92 Å². The minimum atomic E-state index is -0.379. The van der Waals surface area contributed by atoms with Gasteiger partial charge in [-0.3, -0.25) is 9.59 Å². The van der Waals surface area contributed by atoms with Crippen molar-refractivity contribution in [1.29, 1.82) is 0 Å². The molecular weight excluding hydrogens is 355 g/mol. The Labute approximate surface area is 156 Å². The first-order chi connectivity index (χ1) is 12.3. The van der Waals surface area contributed by atoms with Gasteiger partial charge in [0.05, 0.1) is 10.7 Å². The van der Waals surface area contributed by atoms with Crippen LogP contribution in [0.2, 0.25) is 0 Å². The molecule has 2 aromatic rings. The zero-order valence-corrected chi connectivity index (χ0v) is 15.9. The van der Waals surface area contributed by atoms with Gasteiger partial charge in [0, 0.05) is 18.2 Å². The Kier molecular flexibility index (Phi) is 6.82. The molecule has 0 aliphatic heterocycles. The molecule has 1 aromatic carbocycles. The number of nitrogens with one attached hydrogen (secondary N) is 1. The summed E-state index contributed by atoms with van der Waals surface area (Å²) in [5, 5.41) is 3.49. The summed E-state index contributed by atoms with van der Waals surface area (Å²) in [6.07, 6.45) is 0.617. The fraction of sp³-hybridized carbons (Fsp3) is 0.389. The number of rotatable bonds is 7. The Bertz CT molecular complexity index is 774. The number of anilines is 1. The van der Waals surface area contributed by atoms with Gasteiger partial charge in [-0.15, -0.1) is 11.3 Å². The summed E-state index contributed by atoms with van der Waals surface area (Å²) in [6.45, 7) is 5.84. The predicted octanol–water partition coefficient (Wildman–Crippen LogP) is 2.58. The number of carbonyl (C=O) groups is 2. The van der Waals surface area contributed by atoms with Crippen molar-refractivity contribution >= 4 is 28.8 Å². The third-order valence-electron chi connectivity index (χ3n) is 3.72. The summed E-state index contributed by atoms with van der Waals surface area (Å²) >= 11 is 1.31. The number of hydrogen-bond donors (Lipinski definition) is 2. The highest BCUT2D eigenvalue weighted by Gasteiger charge is 2.25. The van der Waals surface area contributed by atoms with Gasteiger partial charge < -0.3 is 16.0 Å². The van der Waals surface area contributed by atoms with E-state index in [4.69, 9.17) is 5.73 Å². The average molecular weight is 378 g/mol. The molecule has 0 spiro atoms. The van der Waals surface area contributed by atoms with Crippen molar-refractivity contribution in [2.24, 2.45) is 5.73 Å². The van der Waals surface area contributed by atoms with Crippen LogP contribution in [-0.2, 0) is 11.2 Å². The third kappa shape index (κ3) is 5.09. The molecule has 26 heavy (non-hydrogen) atoms. The Morgan fingerprint density at radius 3 is 2.54 bits per heavy atom. The first-order valence-electron chi connectivity index (χ1n) is 8.34. The van der Waals surface area contributed by atoms with E-state index in [1.165, 1.54) is 40.5 Å². The quantitative estimate of drug-likeness (QED) is 0.775. The van der Waals surface area contributed by atoms with Gasteiger partial charge in [-0.25, -0.2) is 9.37 Å². The molecule has 3 N–H and O–H groups in total. The predicted molar refractivity (Wildman–Crippen MR) is 101 cm³/mol. The van der Waals surface area contributed by atoms with Crippen LogP contribution in [0.5, 0.6) is 0 Å². The first-order valence-corrected chi connectivity index (χ1v) is 9.16. The molecule has 1 aromatic heterocycles. The van der Waals surface area contributed by atoms with Gasteiger partial charge in [0.25, 0.3) is 5.91 Å². The SMILES string of the molecule is Cc1nc(CCN)sc1C(=O)N(CC(=O)Nc1ccc(F)cc1)C(C)C. The highest BCUT2D eigenvalue weighted by atomic mass is 32.1. The zero-order valence-electron chi connectivity index (χ0n) is 15.1. The van der Waals surface area contributed by atoms with E-state index in [0.29, 0.717) is 29.2 Å². The minimum absolute atomic E-state index is 0.0998. The molecule has 140 valence electrons. The van der Waals surface area contributed by atoms with Crippen molar-refractivity contribution in [3.8, 4) is 0 Å². The molecule has 1 heterocycles. The third-order valence-corrected chi connectivity index (χ3v) is 4.92. The molecule has 0 unspecified atom stereocenters. The molecule has 6 nitrogen and oxygen atoms in total. The minimum Gasteiger partial charge on any atom is -0.330 e. The van der Waals surface area contributed by atoms with Crippen molar-refractivity contribution < 1.29 is 14.0 Å². The van der Waals surface area contributed by atoms with Crippen LogP contribution in [0, 0.1) is 12.7 Å². The molecule has 0 fully saturated rings. The van der Waals surface area contributed by atoms with Crippen molar-refractivity contribution in [3.63, 3.8) is 0 Å². The number of benzene rings is 1. The smallest absolute Gasteiger partial charge is 0.266 e. The van der Waals surface area contributed by atoms with E-state index in [0.717, 1.165) is 5.01 Å². The van der Waals surface area contributed by atoms with Crippen LogP contribution in [0.4, 0.5) is 10.1 Å². The molecule has 0 atom stereocenters. The molecule has 0 aliphatic carbocycles. The number of hydrogen-bond acceptors (Lipinski definition) is 5. The molecule has 8 heteroatoms. The lowest BCUT2D eigenvalue weighted by molar-refractivity contribution is -0.117. The Balaban J connectivity index is 2.11.